The smallest absolute Gasteiger partial charge is 0.0697 e. The van der Waals surface area contributed by atoms with E-state index in [0.717, 1.165) is 13.1 Å². The number of hydrogen-bond acceptors (Lipinski definition) is 3. The highest BCUT2D eigenvalue weighted by Crippen LogP contribution is 2.18. The predicted octanol–water partition coefficient (Wildman–Crippen LogP) is 3.39. The highest BCUT2D eigenvalue weighted by Gasteiger charge is 2.18. The van der Waals surface area contributed by atoms with Crippen molar-refractivity contribution in [2.24, 2.45) is 5.41 Å². The minimum Gasteiger partial charge on any atom is -0.301 e. The normalized spacial score (nSPS) is 11.5. The van der Waals surface area contributed by atoms with Crippen LogP contribution < -0.4 is 0 Å². The first-order chi connectivity index (χ1) is 7.96. The minimum absolute atomic E-state index is 0.284. The van der Waals surface area contributed by atoms with Crippen molar-refractivity contribution in [1.82, 2.24) is 4.90 Å². The van der Waals surface area contributed by atoms with Crippen molar-refractivity contribution in [2.75, 3.05) is 19.8 Å². The zero-order valence-electron chi connectivity index (χ0n) is 11.0. The Morgan fingerprint density at radius 1 is 1.29 bits per heavy atom. The maximum absolute atomic E-state index is 9.00. The predicted molar refractivity (Wildman–Crippen MR) is 74.0 cm³/mol. The molecule has 0 spiro atoms. The first kappa shape index (κ1) is 14.1. The van der Waals surface area contributed by atoms with Crippen LogP contribution >= 0.6 is 11.8 Å². The molecule has 0 aliphatic carbocycles. The lowest BCUT2D eigenvalue weighted by molar-refractivity contribution is 0.248. The lowest BCUT2D eigenvalue weighted by atomic mass is 9.95. The van der Waals surface area contributed by atoms with Gasteiger partial charge >= 0.3 is 0 Å². The summed E-state index contributed by atoms with van der Waals surface area (Å²) in [5.41, 5.74) is 1.01. The van der Waals surface area contributed by atoms with Crippen molar-refractivity contribution in [3.63, 3.8) is 0 Å². The average Bonchev–Trinajstić information content (AvgIpc) is 2.29. The van der Waals surface area contributed by atoms with Crippen molar-refractivity contribution in [3.05, 3.63) is 29.8 Å². The standard InChI is InChI=1S/C14H20N2S/c1-14(2,10-15)11-16(3)9-12-5-7-13(17-4)8-6-12/h5-8H,9,11H2,1-4H3. The van der Waals surface area contributed by atoms with Crippen LogP contribution in [0.4, 0.5) is 0 Å². The van der Waals surface area contributed by atoms with Crippen molar-refractivity contribution < 1.29 is 0 Å². The van der Waals surface area contributed by atoms with Crippen LogP contribution in [0.1, 0.15) is 19.4 Å². The summed E-state index contributed by atoms with van der Waals surface area (Å²) >= 11 is 1.75. The molecule has 2 nitrogen and oxygen atoms in total. The molecule has 0 atom stereocenters. The van der Waals surface area contributed by atoms with Gasteiger partial charge in [0.25, 0.3) is 0 Å². The highest BCUT2D eigenvalue weighted by atomic mass is 32.2. The quantitative estimate of drug-likeness (QED) is 0.747. The molecule has 3 heteroatoms. The molecule has 0 amide bonds. The Morgan fingerprint density at radius 3 is 2.35 bits per heavy atom. The minimum atomic E-state index is -0.284. The summed E-state index contributed by atoms with van der Waals surface area (Å²) in [5.74, 6) is 0. The molecule has 0 fully saturated rings. The van der Waals surface area contributed by atoms with Gasteiger partial charge in [-0.1, -0.05) is 12.1 Å². The Morgan fingerprint density at radius 2 is 1.88 bits per heavy atom. The molecule has 0 saturated carbocycles. The van der Waals surface area contributed by atoms with Crippen LogP contribution in [-0.2, 0) is 6.54 Å². The Kier molecular flexibility index (Phi) is 5.04. The summed E-state index contributed by atoms with van der Waals surface area (Å²) in [6, 6.07) is 10.9. The molecule has 0 N–H and O–H groups in total. The maximum Gasteiger partial charge on any atom is 0.0697 e. The fourth-order valence-electron chi connectivity index (χ4n) is 1.81. The second-order valence-corrected chi connectivity index (χ2v) is 5.90. The van der Waals surface area contributed by atoms with Crippen LogP contribution in [0, 0.1) is 16.7 Å². The number of nitrogens with zero attached hydrogens (tertiary/aromatic N) is 2. The first-order valence-corrected chi connectivity index (χ1v) is 6.92. The molecule has 92 valence electrons. The second-order valence-electron chi connectivity index (χ2n) is 5.02. The van der Waals surface area contributed by atoms with Gasteiger partial charge in [0.05, 0.1) is 11.5 Å². The van der Waals surface area contributed by atoms with Crippen molar-refractivity contribution in [1.29, 1.82) is 5.26 Å². The lowest BCUT2D eigenvalue weighted by Crippen LogP contribution is -2.29. The summed E-state index contributed by atoms with van der Waals surface area (Å²) < 4.78 is 0. The molecule has 0 bridgehead atoms. The molecule has 1 aromatic carbocycles. The first-order valence-electron chi connectivity index (χ1n) is 5.69. The molecule has 0 heterocycles. The van der Waals surface area contributed by atoms with Crippen LogP contribution in [0.5, 0.6) is 0 Å². The number of nitriles is 1. The summed E-state index contributed by atoms with van der Waals surface area (Å²) in [5, 5.41) is 9.00. The van der Waals surface area contributed by atoms with Crippen LogP contribution in [-0.4, -0.2) is 24.7 Å². The van der Waals surface area contributed by atoms with Gasteiger partial charge < -0.3 is 4.90 Å². The average molecular weight is 248 g/mol. The summed E-state index contributed by atoms with van der Waals surface area (Å²) in [4.78, 5) is 3.48. The van der Waals surface area contributed by atoms with Crippen LogP contribution in [0.25, 0.3) is 0 Å². The van der Waals surface area contributed by atoms with E-state index in [1.54, 1.807) is 11.8 Å². The number of benzene rings is 1. The topological polar surface area (TPSA) is 27.0 Å². The molecule has 1 aromatic rings. The number of rotatable bonds is 5. The largest absolute Gasteiger partial charge is 0.301 e. The molecule has 17 heavy (non-hydrogen) atoms. The van der Waals surface area contributed by atoms with Gasteiger partial charge in [0.1, 0.15) is 0 Å². The van der Waals surface area contributed by atoms with E-state index in [1.807, 2.05) is 13.8 Å². The third-order valence-electron chi connectivity index (χ3n) is 2.58. The van der Waals surface area contributed by atoms with Crippen LogP contribution in [0.15, 0.2) is 29.2 Å². The van der Waals surface area contributed by atoms with E-state index in [2.05, 4.69) is 48.5 Å². The summed E-state index contributed by atoms with van der Waals surface area (Å²) in [6.45, 7) is 5.62. The van der Waals surface area contributed by atoms with Gasteiger partial charge in [-0.3, -0.25) is 0 Å². The fourth-order valence-corrected chi connectivity index (χ4v) is 2.22. The van der Waals surface area contributed by atoms with Crippen LogP contribution in [0.3, 0.4) is 0 Å². The monoisotopic (exact) mass is 248 g/mol. The molecule has 0 unspecified atom stereocenters. The van der Waals surface area contributed by atoms with Gasteiger partial charge in [-0.15, -0.1) is 11.8 Å². The van der Waals surface area contributed by atoms with Crippen molar-refractivity contribution in [3.8, 4) is 6.07 Å². The van der Waals surface area contributed by atoms with E-state index in [-0.39, 0.29) is 5.41 Å². The molecule has 0 aromatic heterocycles. The Hall–Kier alpha value is -0.980. The zero-order chi connectivity index (χ0) is 12.9. The second kappa shape index (κ2) is 6.09. The van der Waals surface area contributed by atoms with E-state index in [4.69, 9.17) is 5.26 Å². The fraction of sp³-hybridized carbons (Fsp3) is 0.500. The van der Waals surface area contributed by atoms with E-state index in [0.29, 0.717) is 0 Å². The SMILES string of the molecule is CSc1ccc(CN(C)CC(C)(C)C#N)cc1. The third-order valence-corrected chi connectivity index (χ3v) is 3.32. The number of thioether (sulfide) groups is 1. The van der Waals surface area contributed by atoms with Crippen LogP contribution in [0.2, 0.25) is 0 Å². The van der Waals surface area contributed by atoms with E-state index in [9.17, 15) is 0 Å². The van der Waals surface area contributed by atoms with E-state index < -0.39 is 0 Å². The van der Waals surface area contributed by atoms with Gasteiger partial charge in [0.15, 0.2) is 0 Å². The Balaban J connectivity index is 2.56. The molecular formula is C14H20N2S. The summed E-state index contributed by atoms with van der Waals surface area (Å²) in [7, 11) is 2.06. The zero-order valence-corrected chi connectivity index (χ0v) is 11.8. The molecule has 1 rings (SSSR count). The molecule has 0 saturated heterocycles. The van der Waals surface area contributed by atoms with E-state index in [1.165, 1.54) is 10.5 Å². The molecular weight excluding hydrogens is 228 g/mol. The van der Waals surface area contributed by atoms with Gasteiger partial charge in [0, 0.05) is 18.0 Å². The van der Waals surface area contributed by atoms with Crippen molar-refractivity contribution >= 4 is 11.8 Å². The third kappa shape index (κ3) is 4.80. The Bertz CT molecular complexity index is 390. The van der Waals surface area contributed by atoms with Gasteiger partial charge in [-0.05, 0) is 44.8 Å². The Labute approximate surface area is 109 Å². The number of hydrogen-bond donors (Lipinski definition) is 0. The molecule has 0 aliphatic rings. The molecule has 0 radical (unpaired) electrons. The highest BCUT2D eigenvalue weighted by molar-refractivity contribution is 7.98. The van der Waals surface area contributed by atoms with Gasteiger partial charge in [-0.25, -0.2) is 0 Å². The van der Waals surface area contributed by atoms with Gasteiger partial charge in [0.2, 0.25) is 0 Å². The maximum atomic E-state index is 9.00. The summed E-state index contributed by atoms with van der Waals surface area (Å²) in [6.07, 6.45) is 2.08. The lowest BCUT2D eigenvalue weighted by Gasteiger charge is -2.24. The molecule has 0 aliphatic heterocycles. The van der Waals surface area contributed by atoms with E-state index >= 15 is 0 Å². The van der Waals surface area contributed by atoms with Crippen molar-refractivity contribution in [2.45, 2.75) is 25.3 Å². The van der Waals surface area contributed by atoms with Gasteiger partial charge in [-0.2, -0.15) is 5.26 Å².